The van der Waals surface area contributed by atoms with E-state index in [4.69, 9.17) is 14.6 Å². The largest absolute Gasteiger partial charge is 0.497 e. The number of hydrogen-bond acceptors (Lipinski definition) is 3. The number of allylic oxidation sites excluding steroid dienone is 2. The minimum atomic E-state index is -0.750. The first-order valence-corrected chi connectivity index (χ1v) is 7.02. The number of hydrogen-bond donors (Lipinski definition) is 1. The molecule has 0 aliphatic carbocycles. The van der Waals surface area contributed by atoms with E-state index < -0.39 is 5.97 Å². The van der Waals surface area contributed by atoms with Gasteiger partial charge in [-0.3, -0.25) is 4.79 Å². The minimum Gasteiger partial charge on any atom is -0.497 e. The van der Waals surface area contributed by atoms with Gasteiger partial charge in [-0.2, -0.15) is 0 Å². The van der Waals surface area contributed by atoms with E-state index in [1.807, 2.05) is 24.3 Å². The van der Waals surface area contributed by atoms with E-state index in [1.165, 1.54) is 0 Å². The molecule has 21 heavy (non-hydrogen) atoms. The molecule has 1 rings (SSSR count). The molecule has 1 N–H and O–H groups in total. The molecule has 0 unspecified atom stereocenters. The Labute approximate surface area is 126 Å². The summed E-state index contributed by atoms with van der Waals surface area (Å²) in [7, 11) is 3.26. The maximum atomic E-state index is 10.5. The van der Waals surface area contributed by atoms with E-state index in [0.29, 0.717) is 6.42 Å². The first kappa shape index (κ1) is 17.1. The summed E-state index contributed by atoms with van der Waals surface area (Å²) >= 11 is 0. The van der Waals surface area contributed by atoms with Gasteiger partial charge in [-0.15, -0.1) is 0 Å². The Morgan fingerprint density at radius 3 is 2.24 bits per heavy atom. The lowest BCUT2D eigenvalue weighted by Gasteiger charge is -2.22. The Morgan fingerprint density at radius 1 is 1.19 bits per heavy atom. The molecular formula is C17H24O4. The van der Waals surface area contributed by atoms with Crippen molar-refractivity contribution >= 4 is 5.97 Å². The summed E-state index contributed by atoms with van der Waals surface area (Å²) in [6.45, 7) is 4.21. The Balaban J connectivity index is 2.81. The van der Waals surface area contributed by atoms with Crippen LogP contribution in [0.15, 0.2) is 30.4 Å². The predicted molar refractivity (Wildman–Crippen MR) is 83.2 cm³/mol. The van der Waals surface area contributed by atoms with Gasteiger partial charge in [-0.05, 0) is 30.5 Å². The first-order chi connectivity index (χ1) is 9.89. The fraction of sp³-hybridized carbons (Fsp3) is 0.471. The summed E-state index contributed by atoms with van der Waals surface area (Å²) in [6.07, 6.45) is 5.76. The molecule has 0 bridgehead atoms. The van der Waals surface area contributed by atoms with Crippen molar-refractivity contribution in [3.63, 3.8) is 0 Å². The lowest BCUT2D eigenvalue weighted by molar-refractivity contribution is -0.137. The van der Waals surface area contributed by atoms with Crippen LogP contribution in [-0.2, 0) is 10.2 Å². The first-order valence-electron chi connectivity index (χ1n) is 7.02. The maximum absolute atomic E-state index is 10.5. The van der Waals surface area contributed by atoms with Crippen LogP contribution in [0.25, 0.3) is 0 Å². The number of carboxylic acids is 1. The SMILES string of the molecule is COc1cc(OC)cc(C(C)(C)/C=C/CCCC(=O)O)c1. The van der Waals surface area contributed by atoms with Crippen LogP contribution in [0.1, 0.15) is 38.7 Å². The average molecular weight is 292 g/mol. The summed E-state index contributed by atoms with van der Waals surface area (Å²) in [5.74, 6) is 0.772. The van der Waals surface area contributed by atoms with Crippen molar-refractivity contribution in [2.45, 2.75) is 38.5 Å². The molecular weight excluding hydrogens is 268 g/mol. The molecule has 4 nitrogen and oxygen atoms in total. The maximum Gasteiger partial charge on any atom is 0.303 e. The molecule has 0 atom stereocenters. The van der Waals surface area contributed by atoms with Gasteiger partial charge >= 0.3 is 5.97 Å². The van der Waals surface area contributed by atoms with Gasteiger partial charge in [0, 0.05) is 17.9 Å². The van der Waals surface area contributed by atoms with E-state index in [2.05, 4.69) is 19.9 Å². The fourth-order valence-corrected chi connectivity index (χ4v) is 2.02. The molecule has 1 aromatic carbocycles. The van der Waals surface area contributed by atoms with Gasteiger partial charge in [0.15, 0.2) is 0 Å². The molecule has 4 heteroatoms. The number of benzene rings is 1. The Morgan fingerprint density at radius 2 is 1.76 bits per heavy atom. The van der Waals surface area contributed by atoms with Crippen molar-refractivity contribution in [3.8, 4) is 11.5 Å². The van der Waals surface area contributed by atoms with Crippen molar-refractivity contribution in [3.05, 3.63) is 35.9 Å². The predicted octanol–water partition coefficient (Wildman–Crippen LogP) is 3.79. The van der Waals surface area contributed by atoms with Gasteiger partial charge in [0.2, 0.25) is 0 Å². The van der Waals surface area contributed by atoms with E-state index in [9.17, 15) is 4.79 Å². The quantitative estimate of drug-likeness (QED) is 0.585. The zero-order valence-corrected chi connectivity index (χ0v) is 13.2. The highest BCUT2D eigenvalue weighted by Crippen LogP contribution is 2.32. The summed E-state index contributed by atoms with van der Waals surface area (Å²) in [4.78, 5) is 10.5. The topological polar surface area (TPSA) is 55.8 Å². The molecule has 0 amide bonds. The normalized spacial score (nSPS) is 11.6. The van der Waals surface area contributed by atoms with Crippen LogP contribution in [0, 0.1) is 0 Å². The second-order valence-corrected chi connectivity index (χ2v) is 5.51. The molecule has 0 aromatic heterocycles. The second kappa shape index (κ2) is 7.72. The van der Waals surface area contributed by atoms with E-state index in [-0.39, 0.29) is 11.8 Å². The Hall–Kier alpha value is -1.97. The highest BCUT2D eigenvalue weighted by molar-refractivity contribution is 5.66. The fourth-order valence-electron chi connectivity index (χ4n) is 2.02. The van der Waals surface area contributed by atoms with E-state index in [1.54, 1.807) is 14.2 Å². The number of unbranched alkanes of at least 4 members (excludes halogenated alkanes) is 1. The van der Waals surface area contributed by atoms with Crippen molar-refractivity contribution in [2.24, 2.45) is 0 Å². The Bertz CT molecular complexity index is 481. The minimum absolute atomic E-state index is 0.176. The smallest absolute Gasteiger partial charge is 0.303 e. The summed E-state index contributed by atoms with van der Waals surface area (Å²) < 4.78 is 10.6. The van der Waals surface area contributed by atoms with Gasteiger partial charge in [0.25, 0.3) is 0 Å². The van der Waals surface area contributed by atoms with Crippen LogP contribution in [0.3, 0.4) is 0 Å². The average Bonchev–Trinajstić information content (AvgIpc) is 2.45. The molecule has 0 saturated carbocycles. The van der Waals surface area contributed by atoms with Gasteiger partial charge in [-0.25, -0.2) is 0 Å². The van der Waals surface area contributed by atoms with Crippen LogP contribution >= 0.6 is 0 Å². The molecule has 0 spiro atoms. The summed E-state index contributed by atoms with van der Waals surface area (Å²) in [5.41, 5.74) is 0.915. The van der Waals surface area contributed by atoms with Crippen molar-refractivity contribution in [2.75, 3.05) is 14.2 Å². The molecule has 0 saturated heterocycles. The van der Waals surface area contributed by atoms with Crippen LogP contribution in [0.4, 0.5) is 0 Å². The third-order valence-corrected chi connectivity index (χ3v) is 3.39. The molecule has 1 aromatic rings. The third kappa shape index (κ3) is 5.50. The second-order valence-electron chi connectivity index (χ2n) is 5.51. The number of methoxy groups -OCH3 is 2. The molecule has 0 aliphatic heterocycles. The van der Waals surface area contributed by atoms with Gasteiger partial charge in [0.05, 0.1) is 14.2 Å². The van der Waals surface area contributed by atoms with E-state index >= 15 is 0 Å². The van der Waals surface area contributed by atoms with Gasteiger partial charge in [0.1, 0.15) is 11.5 Å². The van der Waals surface area contributed by atoms with Crippen LogP contribution in [-0.4, -0.2) is 25.3 Å². The molecule has 116 valence electrons. The van der Waals surface area contributed by atoms with E-state index in [0.717, 1.165) is 23.5 Å². The lowest BCUT2D eigenvalue weighted by atomic mass is 9.84. The zero-order chi connectivity index (χ0) is 15.9. The monoisotopic (exact) mass is 292 g/mol. The zero-order valence-electron chi connectivity index (χ0n) is 13.2. The lowest BCUT2D eigenvalue weighted by Crippen LogP contribution is -2.13. The highest BCUT2D eigenvalue weighted by Gasteiger charge is 2.18. The third-order valence-electron chi connectivity index (χ3n) is 3.39. The number of aliphatic carboxylic acids is 1. The number of carbonyl (C=O) groups is 1. The van der Waals surface area contributed by atoms with Crippen molar-refractivity contribution in [1.29, 1.82) is 0 Å². The van der Waals surface area contributed by atoms with Crippen LogP contribution in [0.2, 0.25) is 0 Å². The van der Waals surface area contributed by atoms with Crippen molar-refractivity contribution in [1.82, 2.24) is 0 Å². The van der Waals surface area contributed by atoms with Gasteiger partial charge < -0.3 is 14.6 Å². The summed E-state index contributed by atoms with van der Waals surface area (Å²) in [5, 5.41) is 8.61. The number of ether oxygens (including phenoxy) is 2. The Kier molecular flexibility index (Phi) is 6.28. The van der Waals surface area contributed by atoms with Crippen molar-refractivity contribution < 1.29 is 19.4 Å². The molecule has 0 radical (unpaired) electrons. The number of carboxylic acid groups (broad SMARTS) is 1. The molecule has 0 aliphatic rings. The summed E-state index contributed by atoms with van der Waals surface area (Å²) in [6, 6.07) is 5.82. The standard InChI is InChI=1S/C17H24O4/c1-17(2,9-7-5-6-8-16(18)19)13-10-14(20-3)12-15(11-13)21-4/h7,9-12H,5-6,8H2,1-4H3,(H,18,19)/b9-7+. The highest BCUT2D eigenvalue weighted by atomic mass is 16.5. The molecule has 0 fully saturated rings. The van der Waals surface area contributed by atoms with Crippen LogP contribution in [0.5, 0.6) is 11.5 Å². The number of rotatable bonds is 8. The van der Waals surface area contributed by atoms with Gasteiger partial charge in [-0.1, -0.05) is 26.0 Å². The molecule has 0 heterocycles. The van der Waals surface area contributed by atoms with Crippen LogP contribution < -0.4 is 9.47 Å².